The number of nitriles is 1. The second kappa shape index (κ2) is 5.23. The lowest BCUT2D eigenvalue weighted by Crippen LogP contribution is -2.31. The zero-order valence-electron chi connectivity index (χ0n) is 10.5. The summed E-state index contributed by atoms with van der Waals surface area (Å²) in [6.45, 7) is 1.67. The van der Waals surface area contributed by atoms with Crippen molar-refractivity contribution >= 4 is 11.6 Å². The molecule has 102 valence electrons. The van der Waals surface area contributed by atoms with Crippen LogP contribution in [0.2, 0.25) is 5.02 Å². The third-order valence-electron chi connectivity index (χ3n) is 2.85. The van der Waals surface area contributed by atoms with Crippen molar-refractivity contribution in [1.82, 2.24) is 9.55 Å². The topological polar surface area (TPSA) is 98.9 Å². The summed E-state index contributed by atoms with van der Waals surface area (Å²) in [5.41, 5.74) is -0.970. The molecule has 0 fully saturated rings. The van der Waals surface area contributed by atoms with Crippen LogP contribution in [0.1, 0.15) is 18.1 Å². The summed E-state index contributed by atoms with van der Waals surface area (Å²) >= 11 is 5.99. The fourth-order valence-corrected chi connectivity index (χ4v) is 2.06. The Labute approximate surface area is 118 Å². The summed E-state index contributed by atoms with van der Waals surface area (Å²) < 4.78 is 0.878. The maximum Gasteiger partial charge on any atom is 0.335 e. The monoisotopic (exact) mass is 291 g/mol. The van der Waals surface area contributed by atoms with Gasteiger partial charge >= 0.3 is 5.69 Å². The summed E-state index contributed by atoms with van der Waals surface area (Å²) in [7, 11) is 0. The largest absolute Gasteiger partial charge is 0.494 e. The predicted molar refractivity (Wildman–Crippen MR) is 73.4 cm³/mol. The van der Waals surface area contributed by atoms with Gasteiger partial charge < -0.3 is 5.11 Å². The van der Waals surface area contributed by atoms with Gasteiger partial charge in [-0.2, -0.15) is 5.26 Å². The van der Waals surface area contributed by atoms with Gasteiger partial charge in [-0.25, -0.2) is 9.36 Å². The Morgan fingerprint density at radius 3 is 2.75 bits per heavy atom. The Bertz CT molecular complexity index is 830. The Morgan fingerprint density at radius 1 is 1.45 bits per heavy atom. The molecule has 1 heterocycles. The van der Waals surface area contributed by atoms with Gasteiger partial charge in [-0.3, -0.25) is 9.78 Å². The number of aromatic amines is 1. The van der Waals surface area contributed by atoms with Gasteiger partial charge in [-0.05, 0) is 24.6 Å². The lowest BCUT2D eigenvalue weighted by atomic mass is 10.2. The molecule has 0 saturated carbocycles. The van der Waals surface area contributed by atoms with Gasteiger partial charge in [0.1, 0.15) is 0 Å². The van der Waals surface area contributed by atoms with Crippen LogP contribution >= 0.6 is 11.6 Å². The van der Waals surface area contributed by atoms with Crippen LogP contribution in [0.15, 0.2) is 27.8 Å². The van der Waals surface area contributed by atoms with E-state index in [1.165, 1.54) is 18.2 Å². The molecule has 2 aromatic rings. The van der Waals surface area contributed by atoms with E-state index in [2.05, 4.69) is 4.98 Å². The minimum absolute atomic E-state index is 0.0722. The first-order chi connectivity index (χ1) is 9.49. The third-order valence-corrected chi connectivity index (χ3v) is 3.17. The Balaban J connectivity index is 2.87. The zero-order chi connectivity index (χ0) is 14.9. The minimum atomic E-state index is -0.818. The molecular weight excluding hydrogens is 282 g/mol. The molecule has 0 radical (unpaired) electrons. The van der Waals surface area contributed by atoms with E-state index in [1.54, 1.807) is 6.92 Å². The van der Waals surface area contributed by atoms with E-state index in [0.717, 1.165) is 4.57 Å². The number of H-pyrrole nitrogens is 1. The lowest BCUT2D eigenvalue weighted by Gasteiger charge is -2.12. The van der Waals surface area contributed by atoms with Crippen molar-refractivity contribution in [3.05, 3.63) is 55.2 Å². The van der Waals surface area contributed by atoms with Crippen molar-refractivity contribution < 1.29 is 5.11 Å². The zero-order valence-corrected chi connectivity index (χ0v) is 11.2. The Hall–Kier alpha value is -2.52. The summed E-state index contributed by atoms with van der Waals surface area (Å²) in [6.07, 6.45) is 0.247. The molecule has 1 aromatic carbocycles. The van der Waals surface area contributed by atoms with Gasteiger partial charge in [0.15, 0.2) is 0 Å². The summed E-state index contributed by atoms with van der Waals surface area (Å²) in [5.74, 6) is -0.474. The van der Waals surface area contributed by atoms with Gasteiger partial charge in [0.25, 0.3) is 5.56 Å². The smallest absolute Gasteiger partial charge is 0.335 e. The van der Waals surface area contributed by atoms with E-state index < -0.39 is 17.1 Å². The highest BCUT2D eigenvalue weighted by Gasteiger charge is 2.16. The van der Waals surface area contributed by atoms with Crippen LogP contribution in [0.4, 0.5) is 0 Å². The molecule has 0 bridgehead atoms. The quantitative estimate of drug-likeness (QED) is 0.871. The summed E-state index contributed by atoms with van der Waals surface area (Å²) in [4.78, 5) is 25.6. The van der Waals surface area contributed by atoms with E-state index in [-0.39, 0.29) is 28.3 Å². The normalized spacial score (nSPS) is 10.2. The molecule has 2 N–H and O–H groups in total. The van der Waals surface area contributed by atoms with Crippen LogP contribution in [-0.2, 0) is 6.42 Å². The maximum absolute atomic E-state index is 11.9. The molecule has 0 aliphatic rings. The Morgan fingerprint density at radius 2 is 2.15 bits per heavy atom. The van der Waals surface area contributed by atoms with E-state index in [9.17, 15) is 14.7 Å². The van der Waals surface area contributed by atoms with Crippen molar-refractivity contribution in [3.8, 4) is 17.6 Å². The molecule has 0 atom stereocenters. The van der Waals surface area contributed by atoms with Gasteiger partial charge in [-0.1, -0.05) is 18.5 Å². The van der Waals surface area contributed by atoms with E-state index in [0.29, 0.717) is 0 Å². The number of aromatic nitrogens is 2. The average Bonchev–Trinajstić information content (AvgIpc) is 2.40. The van der Waals surface area contributed by atoms with Gasteiger partial charge in [0.2, 0.25) is 5.88 Å². The fraction of sp³-hybridized carbons (Fsp3) is 0.154. The first-order valence-electron chi connectivity index (χ1n) is 5.76. The standard InChI is InChI=1S/C13H10ClN3O3/c1-2-8-11(18)16-13(20)17(12(8)19)10-5-7(6-15)3-4-9(10)14/h3-5,19H,2H2,1H3,(H,16,18,20). The molecule has 2 rings (SSSR count). The third kappa shape index (κ3) is 2.19. The molecule has 0 aliphatic carbocycles. The second-order valence-corrected chi connectivity index (χ2v) is 4.44. The molecule has 6 nitrogen and oxygen atoms in total. The molecule has 20 heavy (non-hydrogen) atoms. The summed E-state index contributed by atoms with van der Waals surface area (Å²) in [5, 5.41) is 19.2. The lowest BCUT2D eigenvalue weighted by molar-refractivity contribution is 0.423. The summed E-state index contributed by atoms with van der Waals surface area (Å²) in [6, 6.07) is 6.21. The van der Waals surface area contributed by atoms with E-state index in [4.69, 9.17) is 16.9 Å². The highest BCUT2D eigenvalue weighted by molar-refractivity contribution is 6.32. The van der Waals surface area contributed by atoms with Crippen LogP contribution < -0.4 is 11.2 Å². The van der Waals surface area contributed by atoms with Crippen molar-refractivity contribution in [2.75, 3.05) is 0 Å². The van der Waals surface area contributed by atoms with Crippen LogP contribution in [0.3, 0.4) is 0 Å². The van der Waals surface area contributed by atoms with E-state index >= 15 is 0 Å². The first kappa shape index (κ1) is 13.9. The Kier molecular flexibility index (Phi) is 3.63. The number of hydrogen-bond donors (Lipinski definition) is 2. The minimum Gasteiger partial charge on any atom is -0.494 e. The van der Waals surface area contributed by atoms with Crippen molar-refractivity contribution in [2.45, 2.75) is 13.3 Å². The highest BCUT2D eigenvalue weighted by Crippen LogP contribution is 2.24. The van der Waals surface area contributed by atoms with Crippen LogP contribution in [0.5, 0.6) is 5.88 Å². The second-order valence-electron chi connectivity index (χ2n) is 4.03. The van der Waals surface area contributed by atoms with Gasteiger partial charge in [-0.15, -0.1) is 0 Å². The first-order valence-corrected chi connectivity index (χ1v) is 6.14. The maximum atomic E-state index is 11.9. The predicted octanol–water partition coefficient (Wildman–Crippen LogP) is 1.32. The highest BCUT2D eigenvalue weighted by atomic mass is 35.5. The number of hydrogen-bond acceptors (Lipinski definition) is 4. The molecule has 7 heteroatoms. The number of rotatable bonds is 2. The van der Waals surface area contributed by atoms with E-state index in [1.807, 2.05) is 6.07 Å². The van der Waals surface area contributed by atoms with Crippen molar-refractivity contribution in [1.29, 1.82) is 5.26 Å². The molecule has 0 amide bonds. The van der Waals surface area contributed by atoms with Gasteiger partial charge in [0.05, 0.1) is 27.9 Å². The molecule has 1 aromatic heterocycles. The number of nitrogens with zero attached hydrogens (tertiary/aromatic N) is 2. The molecule has 0 unspecified atom stereocenters. The molecular formula is C13H10ClN3O3. The number of benzene rings is 1. The number of nitrogens with one attached hydrogen (secondary N) is 1. The fourth-order valence-electron chi connectivity index (χ4n) is 1.86. The van der Waals surface area contributed by atoms with Crippen LogP contribution in [0, 0.1) is 11.3 Å². The van der Waals surface area contributed by atoms with Crippen LogP contribution in [0.25, 0.3) is 5.69 Å². The number of halogens is 1. The molecule has 0 saturated heterocycles. The molecule has 0 spiro atoms. The van der Waals surface area contributed by atoms with Gasteiger partial charge in [0, 0.05) is 0 Å². The molecule has 0 aliphatic heterocycles. The number of aromatic hydroxyl groups is 1. The van der Waals surface area contributed by atoms with Crippen molar-refractivity contribution in [2.24, 2.45) is 0 Å². The SMILES string of the molecule is CCc1c(O)n(-c2cc(C#N)ccc2Cl)c(=O)[nH]c1=O. The average molecular weight is 292 g/mol. The van der Waals surface area contributed by atoms with Crippen molar-refractivity contribution in [3.63, 3.8) is 0 Å². The van der Waals surface area contributed by atoms with Crippen LogP contribution in [-0.4, -0.2) is 14.7 Å².